The van der Waals surface area contributed by atoms with Crippen molar-refractivity contribution in [3.63, 3.8) is 0 Å². The normalized spacial score (nSPS) is 13.6. The lowest BCUT2D eigenvalue weighted by Gasteiger charge is -2.21. The van der Waals surface area contributed by atoms with Crippen molar-refractivity contribution in [2.75, 3.05) is 5.32 Å². The monoisotopic (exact) mass is 284 g/mol. The van der Waals surface area contributed by atoms with E-state index in [9.17, 15) is 19.3 Å². The van der Waals surface area contributed by atoms with Gasteiger partial charge in [0.2, 0.25) is 0 Å². The van der Waals surface area contributed by atoms with Gasteiger partial charge in [-0.05, 0) is 18.9 Å². The molecule has 2 atom stereocenters. The van der Waals surface area contributed by atoms with E-state index in [1.54, 1.807) is 0 Å². The summed E-state index contributed by atoms with van der Waals surface area (Å²) in [6.07, 6.45) is 0.870. The molecule has 2 N–H and O–H groups in total. The van der Waals surface area contributed by atoms with Crippen LogP contribution in [0, 0.1) is 21.8 Å². The zero-order chi connectivity index (χ0) is 15.4. The van der Waals surface area contributed by atoms with Crippen LogP contribution in [0.25, 0.3) is 0 Å². The number of hydrogen-bond acceptors (Lipinski definition) is 4. The van der Waals surface area contributed by atoms with Crippen molar-refractivity contribution in [2.24, 2.45) is 5.92 Å². The van der Waals surface area contributed by atoms with Crippen molar-refractivity contribution in [1.29, 1.82) is 0 Å². The Kier molecular flexibility index (Phi) is 5.01. The Morgan fingerprint density at radius 1 is 1.50 bits per heavy atom. The summed E-state index contributed by atoms with van der Waals surface area (Å²) in [5.74, 6) is -2.05. The van der Waals surface area contributed by atoms with Crippen molar-refractivity contribution in [1.82, 2.24) is 0 Å². The van der Waals surface area contributed by atoms with Crippen LogP contribution in [0.5, 0.6) is 0 Å². The largest absolute Gasteiger partial charge is 0.477 e. The summed E-state index contributed by atoms with van der Waals surface area (Å²) in [6, 6.07) is 1.52. The molecule has 0 spiro atoms. The predicted molar refractivity (Wildman–Crippen MR) is 72.6 cm³/mol. The molecule has 0 saturated heterocycles. The second kappa shape index (κ2) is 6.31. The first kappa shape index (κ1) is 15.9. The minimum absolute atomic E-state index is 0.0409. The van der Waals surface area contributed by atoms with Crippen molar-refractivity contribution in [2.45, 2.75) is 33.2 Å². The Hall–Kier alpha value is -2.18. The third-order valence-corrected chi connectivity index (χ3v) is 3.39. The quantitative estimate of drug-likeness (QED) is 0.617. The first-order valence-corrected chi connectivity index (χ1v) is 6.25. The fourth-order valence-corrected chi connectivity index (χ4v) is 1.74. The van der Waals surface area contributed by atoms with Crippen LogP contribution in [-0.2, 0) is 0 Å². The van der Waals surface area contributed by atoms with E-state index in [1.165, 1.54) is 0 Å². The van der Waals surface area contributed by atoms with E-state index in [4.69, 9.17) is 5.11 Å². The highest BCUT2D eigenvalue weighted by Gasteiger charge is 2.24. The summed E-state index contributed by atoms with van der Waals surface area (Å²) in [5, 5.41) is 22.5. The van der Waals surface area contributed by atoms with Crippen LogP contribution in [-0.4, -0.2) is 22.0 Å². The fraction of sp³-hybridized carbons (Fsp3) is 0.462. The number of nitro benzene ring substituents is 1. The summed E-state index contributed by atoms with van der Waals surface area (Å²) in [5.41, 5.74) is -1.33. The predicted octanol–water partition coefficient (Wildman–Crippen LogP) is 3.28. The second-order valence-corrected chi connectivity index (χ2v) is 4.73. The fourth-order valence-electron chi connectivity index (χ4n) is 1.74. The van der Waals surface area contributed by atoms with Crippen LogP contribution in [0.4, 0.5) is 15.8 Å². The lowest BCUT2D eigenvalue weighted by molar-refractivity contribution is -0.385. The molecule has 0 amide bonds. The second-order valence-electron chi connectivity index (χ2n) is 4.73. The molecule has 1 aromatic rings. The molecule has 6 nitrogen and oxygen atoms in total. The highest BCUT2D eigenvalue weighted by molar-refractivity contribution is 5.93. The van der Waals surface area contributed by atoms with Crippen LogP contribution in [0.1, 0.15) is 37.6 Å². The summed E-state index contributed by atoms with van der Waals surface area (Å²) >= 11 is 0. The Morgan fingerprint density at radius 2 is 2.10 bits per heavy atom. The smallest absolute Gasteiger partial charge is 0.342 e. The van der Waals surface area contributed by atoms with Gasteiger partial charge in [0.1, 0.15) is 5.56 Å². The highest BCUT2D eigenvalue weighted by atomic mass is 19.1. The van der Waals surface area contributed by atoms with E-state index >= 15 is 0 Å². The number of halogens is 1. The Labute approximate surface area is 115 Å². The third kappa shape index (κ3) is 3.43. The van der Waals surface area contributed by atoms with Gasteiger partial charge in [0.05, 0.1) is 16.7 Å². The van der Waals surface area contributed by atoms with E-state index < -0.39 is 28.0 Å². The molecule has 2 unspecified atom stereocenters. The third-order valence-electron chi connectivity index (χ3n) is 3.39. The van der Waals surface area contributed by atoms with Gasteiger partial charge >= 0.3 is 5.97 Å². The van der Waals surface area contributed by atoms with Gasteiger partial charge in [-0.2, -0.15) is 0 Å². The van der Waals surface area contributed by atoms with Gasteiger partial charge in [0.15, 0.2) is 5.82 Å². The molecule has 0 aliphatic heterocycles. The number of carboxylic acid groups (broad SMARTS) is 1. The summed E-state index contributed by atoms with van der Waals surface area (Å²) < 4.78 is 13.8. The number of hydrogen-bond donors (Lipinski definition) is 2. The van der Waals surface area contributed by atoms with E-state index in [0.717, 1.165) is 12.5 Å². The lowest BCUT2D eigenvalue weighted by Crippen LogP contribution is -2.24. The lowest BCUT2D eigenvalue weighted by atomic mass is 10.0. The van der Waals surface area contributed by atoms with Crippen molar-refractivity contribution in [3.8, 4) is 0 Å². The molecule has 0 fully saturated rings. The molecular formula is C13H17FN2O4. The van der Waals surface area contributed by atoms with E-state index in [2.05, 4.69) is 5.32 Å². The molecule has 20 heavy (non-hydrogen) atoms. The number of carbonyl (C=O) groups is 1. The zero-order valence-corrected chi connectivity index (χ0v) is 11.5. The first-order valence-electron chi connectivity index (χ1n) is 6.25. The zero-order valence-electron chi connectivity index (χ0n) is 11.5. The van der Waals surface area contributed by atoms with Crippen molar-refractivity contribution >= 4 is 17.3 Å². The molecule has 0 bridgehead atoms. The molecule has 110 valence electrons. The molecule has 1 aromatic carbocycles. The van der Waals surface area contributed by atoms with Gasteiger partial charge < -0.3 is 10.4 Å². The average Bonchev–Trinajstić information content (AvgIpc) is 2.38. The summed E-state index contributed by atoms with van der Waals surface area (Å²) in [7, 11) is 0. The van der Waals surface area contributed by atoms with Crippen molar-refractivity contribution in [3.05, 3.63) is 33.6 Å². The maximum absolute atomic E-state index is 13.8. The van der Waals surface area contributed by atoms with Gasteiger partial charge in [0.25, 0.3) is 5.69 Å². The van der Waals surface area contributed by atoms with Crippen LogP contribution < -0.4 is 5.32 Å². The SMILES string of the molecule is CCC(C)C(C)Nc1cc(C(=O)O)c([N+](=O)[O-])cc1F. The summed E-state index contributed by atoms with van der Waals surface area (Å²) in [6.45, 7) is 5.80. The van der Waals surface area contributed by atoms with Crippen molar-refractivity contribution < 1.29 is 19.2 Å². The number of nitro groups is 1. The van der Waals surface area contributed by atoms with Crippen LogP contribution in [0.2, 0.25) is 0 Å². The first-order chi connectivity index (χ1) is 9.27. The van der Waals surface area contributed by atoms with Gasteiger partial charge in [-0.25, -0.2) is 9.18 Å². The van der Waals surface area contributed by atoms with E-state index in [1.807, 2.05) is 20.8 Å². The van der Waals surface area contributed by atoms with E-state index in [0.29, 0.717) is 6.07 Å². The molecule has 1 rings (SSSR count). The Balaban J connectivity index is 3.19. The Bertz CT molecular complexity index is 533. The molecule has 0 heterocycles. The molecule has 0 radical (unpaired) electrons. The number of carboxylic acids is 1. The molecule has 0 saturated carbocycles. The minimum atomic E-state index is -1.46. The van der Waals surface area contributed by atoms with Crippen LogP contribution in [0.3, 0.4) is 0 Å². The van der Waals surface area contributed by atoms with E-state index in [-0.39, 0.29) is 17.6 Å². The van der Waals surface area contributed by atoms with Gasteiger partial charge in [0, 0.05) is 6.04 Å². The van der Waals surface area contributed by atoms with Gasteiger partial charge in [-0.1, -0.05) is 20.3 Å². The number of nitrogens with zero attached hydrogens (tertiary/aromatic N) is 1. The number of benzene rings is 1. The van der Waals surface area contributed by atoms with Crippen LogP contribution >= 0.6 is 0 Å². The van der Waals surface area contributed by atoms with Gasteiger partial charge in [-0.15, -0.1) is 0 Å². The maximum Gasteiger partial charge on any atom is 0.342 e. The average molecular weight is 284 g/mol. The minimum Gasteiger partial charge on any atom is -0.477 e. The molecular weight excluding hydrogens is 267 g/mol. The number of rotatable bonds is 6. The standard InChI is InChI=1S/C13H17FN2O4/c1-4-7(2)8(3)15-11-5-9(13(17)18)12(16(19)20)6-10(11)14/h5-8,15H,4H2,1-3H3,(H,17,18). The molecule has 0 aliphatic carbocycles. The molecule has 7 heteroatoms. The summed E-state index contributed by atoms with van der Waals surface area (Å²) in [4.78, 5) is 20.8. The number of aromatic carboxylic acids is 1. The Morgan fingerprint density at radius 3 is 2.55 bits per heavy atom. The number of nitrogens with one attached hydrogen (secondary N) is 1. The molecule has 0 aliphatic rings. The highest BCUT2D eigenvalue weighted by Crippen LogP contribution is 2.27. The maximum atomic E-state index is 13.8. The number of anilines is 1. The van der Waals surface area contributed by atoms with Crippen LogP contribution in [0.15, 0.2) is 12.1 Å². The molecule has 0 aromatic heterocycles. The van der Waals surface area contributed by atoms with Gasteiger partial charge in [-0.3, -0.25) is 10.1 Å². The topological polar surface area (TPSA) is 92.5 Å².